The van der Waals surface area contributed by atoms with Crippen LogP contribution >= 0.6 is 0 Å². The van der Waals surface area contributed by atoms with Crippen molar-refractivity contribution in [1.29, 1.82) is 0 Å². The number of hydrogen-bond acceptors (Lipinski definition) is 5. The summed E-state index contributed by atoms with van der Waals surface area (Å²) in [6.45, 7) is 8.55. The van der Waals surface area contributed by atoms with Gasteiger partial charge in [-0.1, -0.05) is 13.8 Å². The van der Waals surface area contributed by atoms with E-state index >= 15 is 0 Å². The Labute approximate surface area is 151 Å². The van der Waals surface area contributed by atoms with Crippen LogP contribution < -0.4 is 10.7 Å². The van der Waals surface area contributed by atoms with Gasteiger partial charge in [-0.25, -0.2) is 0 Å². The zero-order chi connectivity index (χ0) is 19.6. The van der Waals surface area contributed by atoms with Gasteiger partial charge in [0.1, 0.15) is 17.1 Å². The molecule has 2 rings (SSSR count). The second-order valence-corrected chi connectivity index (χ2v) is 6.10. The molecule has 1 heterocycles. The molecule has 0 aliphatic rings. The SMILES string of the molecule is CCc1cc([N+](=O)[O-])cc(CC)c1NC(=O)c1c(C)oc(C)c(C)c1=O. The average Bonchev–Trinajstić information content (AvgIpc) is 2.59. The van der Waals surface area contributed by atoms with Crippen molar-refractivity contribution >= 4 is 17.3 Å². The topological polar surface area (TPSA) is 102 Å². The Morgan fingerprint density at radius 2 is 1.65 bits per heavy atom. The molecule has 2 aromatic rings. The number of hydrogen-bond donors (Lipinski definition) is 1. The summed E-state index contributed by atoms with van der Waals surface area (Å²) >= 11 is 0. The molecule has 0 aliphatic carbocycles. The first-order valence-corrected chi connectivity index (χ1v) is 8.43. The average molecular weight is 358 g/mol. The minimum Gasteiger partial charge on any atom is -0.465 e. The molecule has 1 amide bonds. The van der Waals surface area contributed by atoms with E-state index in [9.17, 15) is 19.7 Å². The highest BCUT2D eigenvalue weighted by molar-refractivity contribution is 6.05. The van der Waals surface area contributed by atoms with Crippen molar-refractivity contribution < 1.29 is 14.1 Å². The summed E-state index contributed by atoms with van der Waals surface area (Å²) in [6.07, 6.45) is 1.01. The molecular weight excluding hydrogens is 336 g/mol. The maximum atomic E-state index is 12.8. The van der Waals surface area contributed by atoms with E-state index in [1.165, 1.54) is 12.1 Å². The third-order valence-electron chi connectivity index (χ3n) is 4.48. The van der Waals surface area contributed by atoms with Crippen LogP contribution in [0.1, 0.15) is 52.4 Å². The van der Waals surface area contributed by atoms with E-state index in [2.05, 4.69) is 5.32 Å². The lowest BCUT2D eigenvalue weighted by Gasteiger charge is -2.15. The number of nitrogens with one attached hydrogen (secondary N) is 1. The molecule has 7 nitrogen and oxygen atoms in total. The summed E-state index contributed by atoms with van der Waals surface area (Å²) in [4.78, 5) is 35.9. The Morgan fingerprint density at radius 1 is 1.12 bits per heavy atom. The van der Waals surface area contributed by atoms with Crippen LogP contribution in [0.5, 0.6) is 0 Å². The third-order valence-corrected chi connectivity index (χ3v) is 4.48. The minimum atomic E-state index is -0.572. The number of benzene rings is 1. The number of nitrogens with zero attached hydrogens (tertiary/aromatic N) is 1. The van der Waals surface area contributed by atoms with Gasteiger partial charge in [0.25, 0.3) is 11.6 Å². The maximum Gasteiger partial charge on any atom is 0.270 e. The van der Waals surface area contributed by atoms with Crippen molar-refractivity contribution in [3.05, 3.63) is 66.2 Å². The van der Waals surface area contributed by atoms with Crippen LogP contribution in [-0.2, 0) is 12.8 Å². The highest BCUT2D eigenvalue weighted by Gasteiger charge is 2.22. The van der Waals surface area contributed by atoms with E-state index in [4.69, 9.17) is 4.42 Å². The highest BCUT2D eigenvalue weighted by atomic mass is 16.6. The molecule has 0 atom stereocenters. The lowest BCUT2D eigenvalue weighted by atomic mass is 10.0. The monoisotopic (exact) mass is 358 g/mol. The number of rotatable bonds is 5. The van der Waals surface area contributed by atoms with Gasteiger partial charge >= 0.3 is 0 Å². The van der Waals surface area contributed by atoms with E-state index < -0.39 is 10.8 Å². The Morgan fingerprint density at radius 3 is 2.12 bits per heavy atom. The molecule has 138 valence electrons. The first-order valence-electron chi connectivity index (χ1n) is 8.43. The summed E-state index contributed by atoms with van der Waals surface area (Å²) in [6, 6.07) is 2.90. The first kappa shape index (κ1) is 19.4. The molecule has 0 saturated heterocycles. The van der Waals surface area contributed by atoms with Crippen LogP contribution in [0, 0.1) is 30.9 Å². The molecule has 1 N–H and O–H groups in total. The van der Waals surface area contributed by atoms with E-state index in [1.54, 1.807) is 20.8 Å². The summed E-state index contributed by atoms with van der Waals surface area (Å²) in [5.41, 5.74) is 1.76. The van der Waals surface area contributed by atoms with Gasteiger partial charge in [-0.3, -0.25) is 19.7 Å². The van der Waals surface area contributed by atoms with Crippen LogP contribution in [0.3, 0.4) is 0 Å². The van der Waals surface area contributed by atoms with E-state index in [0.29, 0.717) is 41.0 Å². The smallest absolute Gasteiger partial charge is 0.270 e. The number of anilines is 1. The Bertz CT molecular complexity index is 919. The second kappa shape index (κ2) is 7.51. The van der Waals surface area contributed by atoms with Crippen LogP contribution in [0.2, 0.25) is 0 Å². The van der Waals surface area contributed by atoms with Gasteiger partial charge in [-0.2, -0.15) is 0 Å². The summed E-state index contributed by atoms with van der Waals surface area (Å²) in [5, 5.41) is 13.9. The minimum absolute atomic E-state index is 0.0152. The van der Waals surface area contributed by atoms with Crippen molar-refractivity contribution in [1.82, 2.24) is 0 Å². The Hall–Kier alpha value is -2.96. The molecule has 0 aliphatic heterocycles. The molecule has 0 bridgehead atoms. The standard InChI is InChI=1S/C19H22N2O5/c1-6-13-8-15(21(24)25)9-14(7-2)17(13)20-19(23)16-12(5)26-11(4)10(3)18(16)22/h8-9H,6-7H2,1-5H3,(H,20,23). The van der Waals surface area contributed by atoms with E-state index in [0.717, 1.165) is 0 Å². The van der Waals surface area contributed by atoms with Gasteiger partial charge in [0.05, 0.1) is 4.92 Å². The van der Waals surface area contributed by atoms with Gasteiger partial charge < -0.3 is 9.73 Å². The van der Waals surface area contributed by atoms with E-state index in [-0.39, 0.29) is 22.4 Å². The normalized spacial score (nSPS) is 10.7. The molecule has 7 heteroatoms. The van der Waals surface area contributed by atoms with Gasteiger partial charge in [0.2, 0.25) is 5.43 Å². The first-order chi connectivity index (χ1) is 12.2. The fourth-order valence-corrected chi connectivity index (χ4v) is 2.88. The summed E-state index contributed by atoms with van der Waals surface area (Å²) < 4.78 is 5.49. The number of amides is 1. The lowest BCUT2D eigenvalue weighted by Crippen LogP contribution is -2.26. The molecule has 0 radical (unpaired) electrons. The van der Waals surface area contributed by atoms with Gasteiger partial charge in [0, 0.05) is 23.4 Å². The molecule has 1 aromatic heterocycles. The molecule has 1 aromatic carbocycles. The highest BCUT2D eigenvalue weighted by Crippen LogP contribution is 2.29. The quantitative estimate of drug-likeness (QED) is 0.646. The fraction of sp³-hybridized carbons (Fsp3) is 0.368. The molecule has 0 fully saturated rings. The Kier molecular flexibility index (Phi) is 5.59. The zero-order valence-corrected chi connectivity index (χ0v) is 15.6. The van der Waals surface area contributed by atoms with E-state index in [1.807, 2.05) is 13.8 Å². The van der Waals surface area contributed by atoms with Crippen LogP contribution in [0.15, 0.2) is 21.3 Å². The van der Waals surface area contributed by atoms with Crippen molar-refractivity contribution in [2.24, 2.45) is 0 Å². The fourth-order valence-electron chi connectivity index (χ4n) is 2.88. The number of non-ortho nitro benzene ring substituents is 1. The van der Waals surface area contributed by atoms with Crippen molar-refractivity contribution in [2.75, 3.05) is 5.32 Å². The predicted octanol–water partition coefficient (Wildman–Crippen LogP) is 3.85. The molecule has 0 spiro atoms. The summed E-state index contributed by atoms with van der Waals surface area (Å²) in [7, 11) is 0. The Balaban J connectivity index is 2.55. The number of nitro groups is 1. The van der Waals surface area contributed by atoms with Gasteiger partial charge in [-0.05, 0) is 44.7 Å². The molecule has 0 saturated carbocycles. The van der Waals surface area contributed by atoms with Crippen LogP contribution in [0.25, 0.3) is 0 Å². The second-order valence-electron chi connectivity index (χ2n) is 6.10. The predicted molar refractivity (Wildman–Crippen MR) is 99.0 cm³/mol. The van der Waals surface area contributed by atoms with Crippen molar-refractivity contribution in [2.45, 2.75) is 47.5 Å². The maximum absolute atomic E-state index is 12.8. The number of carbonyl (C=O) groups excluding carboxylic acids is 1. The number of carbonyl (C=O) groups is 1. The molecular formula is C19H22N2O5. The number of aryl methyl sites for hydroxylation is 4. The zero-order valence-electron chi connectivity index (χ0n) is 15.6. The summed E-state index contributed by atoms with van der Waals surface area (Å²) in [5.74, 6) is 0.147. The van der Waals surface area contributed by atoms with Crippen molar-refractivity contribution in [3.63, 3.8) is 0 Å². The van der Waals surface area contributed by atoms with Gasteiger partial charge in [-0.15, -0.1) is 0 Å². The third kappa shape index (κ3) is 3.51. The van der Waals surface area contributed by atoms with Crippen LogP contribution in [-0.4, -0.2) is 10.8 Å². The number of nitro benzene ring substituents is 1. The van der Waals surface area contributed by atoms with Crippen LogP contribution in [0.4, 0.5) is 11.4 Å². The van der Waals surface area contributed by atoms with Crippen molar-refractivity contribution in [3.8, 4) is 0 Å². The molecule has 0 unspecified atom stereocenters. The molecule has 26 heavy (non-hydrogen) atoms. The van der Waals surface area contributed by atoms with Gasteiger partial charge in [0.15, 0.2) is 0 Å². The lowest BCUT2D eigenvalue weighted by molar-refractivity contribution is -0.385. The largest absolute Gasteiger partial charge is 0.465 e.